The minimum absolute atomic E-state index is 0.0476. The average Bonchev–Trinajstić information content (AvgIpc) is 2.91. The fourth-order valence-electron chi connectivity index (χ4n) is 4.35. The van der Waals surface area contributed by atoms with Crippen LogP contribution in [0.2, 0.25) is 0 Å². The third-order valence-electron chi connectivity index (χ3n) is 6.60. The van der Waals surface area contributed by atoms with Gasteiger partial charge < -0.3 is 49.6 Å². The minimum atomic E-state index is -2.53. The van der Waals surface area contributed by atoms with Crippen LogP contribution in [0.25, 0.3) is 0 Å². The van der Waals surface area contributed by atoms with Gasteiger partial charge in [-0.25, -0.2) is 0 Å². The van der Waals surface area contributed by atoms with Crippen molar-refractivity contribution in [2.75, 3.05) is 35.0 Å². The van der Waals surface area contributed by atoms with Crippen molar-refractivity contribution < 1.29 is 49.6 Å². The maximum atomic E-state index is 11.8. The lowest BCUT2D eigenvalue weighted by molar-refractivity contribution is -0.229. The molecule has 6 N–H and O–H groups in total. The highest BCUT2D eigenvalue weighted by Gasteiger charge is 2.54. The Morgan fingerprint density at radius 3 is 1.61 bits per heavy atom. The molecule has 2 aromatic rings. The summed E-state index contributed by atoms with van der Waals surface area (Å²) in [4.78, 5) is 0. The molecule has 5 atom stereocenters. The van der Waals surface area contributed by atoms with Gasteiger partial charge in [0.15, 0.2) is 0 Å². The van der Waals surface area contributed by atoms with Gasteiger partial charge in [0.2, 0.25) is 0 Å². The Balaban J connectivity index is 2.60. The van der Waals surface area contributed by atoms with Crippen LogP contribution in [-0.2, 0) is 12.8 Å². The van der Waals surface area contributed by atoms with Crippen molar-refractivity contribution in [3.8, 4) is 23.0 Å². The summed E-state index contributed by atoms with van der Waals surface area (Å²) >= 11 is 0. The summed E-state index contributed by atoms with van der Waals surface area (Å²) in [6.07, 6.45) is -6.55. The van der Waals surface area contributed by atoms with E-state index in [4.69, 9.17) is 18.9 Å². The SMILES string of the molecule is CCC(O)(Cc1cc(OC)ccc1OC)[C@@H](O)[C@@](O)(Cc1cc(OC)ccc1OC)[C@H](O)[C@@H](O)CO. The first-order valence-electron chi connectivity index (χ1n) is 11.5. The largest absolute Gasteiger partial charge is 0.497 e. The predicted octanol–water partition coefficient (Wildman–Crippen LogP) is 0.453. The van der Waals surface area contributed by atoms with Crippen molar-refractivity contribution in [3.05, 3.63) is 47.5 Å². The summed E-state index contributed by atoms with van der Waals surface area (Å²) in [5.74, 6) is 1.66. The van der Waals surface area contributed by atoms with E-state index in [0.29, 0.717) is 34.1 Å². The second-order valence-corrected chi connectivity index (χ2v) is 8.75. The molecule has 0 heterocycles. The number of rotatable bonds is 14. The standard InChI is InChI=1S/C26H38O10/c1-6-25(31,13-16-11-18(33-2)7-9-21(16)35-4)24(30)26(32,23(29)20(28)15-27)14-17-12-19(34-3)8-10-22(17)36-5/h7-12,20,23-24,27-32H,6,13-15H2,1-5H3/t20-,23+,24+,25?,26+/m0/s1. The normalized spacial score (nSPS) is 17.3. The third kappa shape index (κ3) is 6.20. The van der Waals surface area contributed by atoms with Gasteiger partial charge in [0.05, 0.1) is 40.6 Å². The van der Waals surface area contributed by atoms with Crippen LogP contribution in [0.1, 0.15) is 24.5 Å². The van der Waals surface area contributed by atoms with Gasteiger partial charge in [-0.1, -0.05) is 6.92 Å². The van der Waals surface area contributed by atoms with Crippen LogP contribution in [0.15, 0.2) is 36.4 Å². The molecule has 0 aromatic heterocycles. The number of aliphatic hydroxyl groups is 6. The highest BCUT2D eigenvalue weighted by atomic mass is 16.5. The lowest BCUT2D eigenvalue weighted by atomic mass is 9.72. The van der Waals surface area contributed by atoms with Gasteiger partial charge in [0.1, 0.15) is 46.9 Å². The van der Waals surface area contributed by atoms with E-state index in [2.05, 4.69) is 0 Å². The van der Waals surface area contributed by atoms with Crippen LogP contribution >= 0.6 is 0 Å². The van der Waals surface area contributed by atoms with Crippen LogP contribution in [0, 0.1) is 0 Å². The lowest BCUT2D eigenvalue weighted by Crippen LogP contribution is -2.66. The molecule has 1 unspecified atom stereocenters. The van der Waals surface area contributed by atoms with Crippen molar-refractivity contribution in [1.29, 1.82) is 0 Å². The first kappa shape index (κ1) is 29.6. The molecule has 0 aliphatic rings. The first-order valence-corrected chi connectivity index (χ1v) is 11.5. The molecule has 10 heteroatoms. The molecule has 0 fully saturated rings. The molecule has 0 bridgehead atoms. The van der Waals surface area contributed by atoms with E-state index in [-0.39, 0.29) is 12.8 Å². The Morgan fingerprint density at radius 2 is 1.22 bits per heavy atom. The van der Waals surface area contributed by atoms with Gasteiger partial charge in [-0.3, -0.25) is 0 Å². The minimum Gasteiger partial charge on any atom is -0.497 e. The average molecular weight is 511 g/mol. The molecular formula is C26H38O10. The Hall–Kier alpha value is -2.60. The topological polar surface area (TPSA) is 158 Å². The van der Waals surface area contributed by atoms with Gasteiger partial charge in [0, 0.05) is 24.0 Å². The summed E-state index contributed by atoms with van der Waals surface area (Å²) in [6.45, 7) is 0.719. The van der Waals surface area contributed by atoms with Gasteiger partial charge >= 0.3 is 0 Å². The fourth-order valence-corrected chi connectivity index (χ4v) is 4.35. The van der Waals surface area contributed by atoms with Crippen LogP contribution in [0.3, 0.4) is 0 Å². The summed E-state index contributed by atoms with van der Waals surface area (Å²) in [7, 11) is 5.81. The molecule has 202 valence electrons. The van der Waals surface area contributed by atoms with Crippen molar-refractivity contribution >= 4 is 0 Å². The van der Waals surface area contributed by atoms with Crippen LogP contribution in [0.5, 0.6) is 23.0 Å². The Labute approximate surface area is 211 Å². The molecule has 0 aliphatic carbocycles. The smallest absolute Gasteiger partial charge is 0.126 e. The fraction of sp³-hybridized carbons (Fsp3) is 0.538. The van der Waals surface area contributed by atoms with Crippen LogP contribution in [0.4, 0.5) is 0 Å². The zero-order chi connectivity index (χ0) is 27.1. The number of ether oxygens (including phenoxy) is 4. The zero-order valence-corrected chi connectivity index (χ0v) is 21.3. The second kappa shape index (κ2) is 12.6. The predicted molar refractivity (Wildman–Crippen MR) is 132 cm³/mol. The van der Waals surface area contributed by atoms with E-state index < -0.39 is 42.5 Å². The monoisotopic (exact) mass is 510 g/mol. The highest BCUT2D eigenvalue weighted by Crippen LogP contribution is 2.38. The van der Waals surface area contributed by atoms with Gasteiger partial charge in [-0.15, -0.1) is 0 Å². The van der Waals surface area contributed by atoms with Gasteiger partial charge in [0.25, 0.3) is 0 Å². The summed E-state index contributed by atoms with van der Waals surface area (Å²) in [6, 6.07) is 9.72. The van der Waals surface area contributed by atoms with Gasteiger partial charge in [-0.2, -0.15) is 0 Å². The molecule has 0 spiro atoms. The van der Waals surface area contributed by atoms with Crippen molar-refractivity contribution in [3.63, 3.8) is 0 Å². The molecule has 0 aliphatic heterocycles. The maximum Gasteiger partial charge on any atom is 0.126 e. The Bertz CT molecular complexity index is 983. The lowest BCUT2D eigenvalue weighted by Gasteiger charge is -2.46. The van der Waals surface area contributed by atoms with E-state index in [0.717, 1.165) is 0 Å². The van der Waals surface area contributed by atoms with Crippen molar-refractivity contribution in [2.24, 2.45) is 0 Å². The molecular weight excluding hydrogens is 472 g/mol. The summed E-state index contributed by atoms with van der Waals surface area (Å²) < 4.78 is 21.3. The zero-order valence-electron chi connectivity index (χ0n) is 21.3. The van der Waals surface area contributed by atoms with E-state index in [1.54, 1.807) is 43.3 Å². The number of aliphatic hydroxyl groups excluding tert-OH is 4. The molecule has 0 saturated heterocycles. The van der Waals surface area contributed by atoms with E-state index in [1.165, 1.54) is 28.4 Å². The molecule has 0 radical (unpaired) electrons. The first-order chi connectivity index (χ1) is 17.0. The quantitative estimate of drug-likeness (QED) is 0.211. The third-order valence-corrected chi connectivity index (χ3v) is 6.60. The molecule has 36 heavy (non-hydrogen) atoms. The van der Waals surface area contributed by atoms with Crippen molar-refractivity contribution in [1.82, 2.24) is 0 Å². The Morgan fingerprint density at radius 1 is 0.750 bits per heavy atom. The highest BCUT2D eigenvalue weighted by molar-refractivity contribution is 5.43. The number of benzene rings is 2. The molecule has 2 rings (SSSR count). The van der Waals surface area contributed by atoms with Crippen LogP contribution < -0.4 is 18.9 Å². The van der Waals surface area contributed by atoms with Crippen LogP contribution in [-0.4, -0.2) is 95.2 Å². The summed E-state index contributed by atoms with van der Waals surface area (Å²) in [5.41, 5.74) is -3.71. The molecule has 2 aromatic carbocycles. The number of hydrogen-bond donors (Lipinski definition) is 6. The molecule has 0 saturated carbocycles. The van der Waals surface area contributed by atoms with Gasteiger partial charge in [-0.05, 0) is 42.8 Å². The number of hydrogen-bond acceptors (Lipinski definition) is 10. The molecule has 10 nitrogen and oxygen atoms in total. The summed E-state index contributed by atoms with van der Waals surface area (Å²) in [5, 5.41) is 65.6. The molecule has 0 amide bonds. The van der Waals surface area contributed by atoms with E-state index in [1.807, 2.05) is 0 Å². The second-order valence-electron chi connectivity index (χ2n) is 8.75. The number of methoxy groups -OCH3 is 4. The van der Waals surface area contributed by atoms with E-state index in [9.17, 15) is 30.6 Å². The Kier molecular flexibility index (Phi) is 10.4. The van der Waals surface area contributed by atoms with Crippen molar-refractivity contribution in [2.45, 2.75) is 55.7 Å². The maximum absolute atomic E-state index is 11.8. The van der Waals surface area contributed by atoms with E-state index >= 15 is 0 Å².